The number of phenolic OH excluding ortho intramolecular Hbond substituents is 1. The Balaban J connectivity index is 1.88. The molecule has 2 aromatic carbocycles. The van der Waals surface area contributed by atoms with E-state index in [0.29, 0.717) is 11.4 Å². The van der Waals surface area contributed by atoms with Crippen molar-refractivity contribution in [2.75, 3.05) is 33.1 Å². The summed E-state index contributed by atoms with van der Waals surface area (Å²) >= 11 is 1.20. The highest BCUT2D eigenvalue weighted by molar-refractivity contribution is 8.03. The summed E-state index contributed by atoms with van der Waals surface area (Å²) in [6.45, 7) is 0. The Bertz CT molecular complexity index is 984. The highest BCUT2D eigenvalue weighted by atomic mass is 32.2. The number of anilines is 3. The molecule has 0 aliphatic heterocycles. The second-order valence-electron chi connectivity index (χ2n) is 5.85. The lowest BCUT2D eigenvalue weighted by atomic mass is 10.2. The summed E-state index contributed by atoms with van der Waals surface area (Å²) in [5.41, 5.74) is -3.62. The van der Waals surface area contributed by atoms with Gasteiger partial charge in [0, 0.05) is 27.8 Å². The third-order valence-corrected chi connectivity index (χ3v) is 5.88. The van der Waals surface area contributed by atoms with Crippen molar-refractivity contribution >= 4 is 56.6 Å². The van der Waals surface area contributed by atoms with Gasteiger partial charge >= 0.3 is 11.5 Å². The van der Waals surface area contributed by atoms with E-state index in [1.54, 1.807) is 24.3 Å². The fourth-order valence-corrected chi connectivity index (χ4v) is 4.17. The van der Waals surface area contributed by atoms with Crippen molar-refractivity contribution in [3.8, 4) is 5.75 Å². The number of thioether (sulfide) groups is 2. The van der Waals surface area contributed by atoms with Gasteiger partial charge in [-0.25, -0.2) is 13.2 Å². The number of carbonyl (C=O) groups is 1. The number of hydrogen-bond donors (Lipinski definition) is 4. The van der Waals surface area contributed by atoms with Crippen LogP contribution in [0.5, 0.6) is 5.75 Å². The molecule has 0 saturated heterocycles. The number of sulfonamides is 1. The number of benzene rings is 2. The maximum Gasteiger partial charge on any atom is 0.441 e. The third kappa shape index (κ3) is 9.05. The van der Waals surface area contributed by atoms with E-state index in [1.165, 1.54) is 30.0 Å². The number of rotatable bonds is 8. The fraction of sp³-hybridized carbons (Fsp3) is 0.235. The van der Waals surface area contributed by atoms with Gasteiger partial charge in [0.1, 0.15) is 5.75 Å². The highest BCUT2D eigenvalue weighted by Gasteiger charge is 2.27. The van der Waals surface area contributed by atoms with E-state index in [4.69, 9.17) is 0 Å². The van der Waals surface area contributed by atoms with E-state index in [1.807, 2.05) is 0 Å². The Kier molecular flexibility index (Phi) is 8.15. The highest BCUT2D eigenvalue weighted by Crippen LogP contribution is 2.32. The Hall–Kier alpha value is -2.25. The molecule has 2 amide bonds. The van der Waals surface area contributed by atoms with Gasteiger partial charge in [-0.3, -0.25) is 4.72 Å². The number of phenols is 1. The first-order valence-corrected chi connectivity index (χ1v) is 12.1. The zero-order valence-electron chi connectivity index (χ0n) is 15.5. The molecule has 0 heterocycles. The van der Waals surface area contributed by atoms with Crippen LogP contribution < -0.4 is 15.4 Å². The van der Waals surface area contributed by atoms with Crippen molar-refractivity contribution in [3.05, 3.63) is 42.5 Å². The Morgan fingerprint density at radius 2 is 1.63 bits per heavy atom. The number of hydrogen-bond acceptors (Lipinski definition) is 6. The van der Waals surface area contributed by atoms with Crippen LogP contribution in [-0.2, 0) is 10.0 Å². The summed E-state index contributed by atoms with van der Waals surface area (Å²) in [6, 6.07) is 9.83. The molecular weight excluding hydrogens is 463 g/mol. The minimum atomic E-state index is -4.24. The van der Waals surface area contributed by atoms with Crippen LogP contribution in [0.2, 0.25) is 0 Å². The number of urea groups is 1. The number of alkyl halides is 3. The summed E-state index contributed by atoms with van der Waals surface area (Å²) < 4.78 is 61.0. The zero-order chi connectivity index (χ0) is 22.4. The van der Waals surface area contributed by atoms with Crippen LogP contribution in [0.1, 0.15) is 0 Å². The quantitative estimate of drug-likeness (QED) is 0.188. The predicted octanol–water partition coefficient (Wildman–Crippen LogP) is 4.75. The number of halogens is 3. The lowest BCUT2D eigenvalue weighted by Gasteiger charge is -2.11. The van der Waals surface area contributed by atoms with Crippen LogP contribution in [0.25, 0.3) is 0 Å². The van der Waals surface area contributed by atoms with Gasteiger partial charge in [-0.2, -0.15) is 13.2 Å². The summed E-state index contributed by atoms with van der Waals surface area (Å²) in [6.07, 6.45) is 0.927. The SMILES string of the molecule is CS(=O)(=O)Nc1cc(NC(=O)Nc2ccc(SCCSC(F)(F)F)cc2)ccc1O. The van der Waals surface area contributed by atoms with E-state index in [0.717, 1.165) is 11.2 Å². The van der Waals surface area contributed by atoms with Gasteiger partial charge in [0.05, 0.1) is 11.9 Å². The molecule has 0 bridgehead atoms. The molecule has 0 aliphatic rings. The molecule has 0 fully saturated rings. The molecule has 13 heteroatoms. The molecule has 2 aromatic rings. The zero-order valence-corrected chi connectivity index (χ0v) is 17.9. The van der Waals surface area contributed by atoms with Crippen molar-refractivity contribution in [1.82, 2.24) is 0 Å². The minimum Gasteiger partial charge on any atom is -0.506 e. The van der Waals surface area contributed by atoms with Crippen LogP contribution in [0, 0.1) is 0 Å². The maximum atomic E-state index is 12.1. The molecular formula is C17H18F3N3O4S3. The van der Waals surface area contributed by atoms with E-state index < -0.39 is 21.6 Å². The van der Waals surface area contributed by atoms with E-state index in [-0.39, 0.29) is 34.6 Å². The molecule has 7 nitrogen and oxygen atoms in total. The molecule has 2 rings (SSSR count). The van der Waals surface area contributed by atoms with Crippen LogP contribution >= 0.6 is 23.5 Å². The molecule has 164 valence electrons. The van der Waals surface area contributed by atoms with Gasteiger partial charge in [-0.1, -0.05) is 11.8 Å². The molecule has 0 aromatic heterocycles. The van der Waals surface area contributed by atoms with E-state index >= 15 is 0 Å². The largest absolute Gasteiger partial charge is 0.506 e. The Labute approximate surface area is 179 Å². The average molecular weight is 482 g/mol. The second kappa shape index (κ2) is 10.2. The predicted molar refractivity (Wildman–Crippen MR) is 115 cm³/mol. The monoisotopic (exact) mass is 481 g/mol. The smallest absolute Gasteiger partial charge is 0.441 e. The number of nitrogens with one attached hydrogen (secondary N) is 3. The van der Waals surface area contributed by atoms with Crippen molar-refractivity contribution in [2.45, 2.75) is 10.4 Å². The van der Waals surface area contributed by atoms with Crippen LogP contribution in [-0.4, -0.2) is 42.8 Å². The normalized spacial score (nSPS) is 11.7. The first kappa shape index (κ1) is 24.0. The number of carbonyl (C=O) groups excluding carboxylic acids is 1. The van der Waals surface area contributed by atoms with Gasteiger partial charge in [-0.05, 0) is 42.5 Å². The van der Waals surface area contributed by atoms with E-state index in [9.17, 15) is 31.5 Å². The lowest BCUT2D eigenvalue weighted by molar-refractivity contribution is -0.0326. The summed E-state index contributed by atoms with van der Waals surface area (Å²) in [4.78, 5) is 12.9. The first-order chi connectivity index (χ1) is 13.9. The van der Waals surface area contributed by atoms with Crippen LogP contribution in [0.3, 0.4) is 0 Å². The molecule has 0 radical (unpaired) electrons. The molecule has 30 heavy (non-hydrogen) atoms. The third-order valence-electron chi connectivity index (χ3n) is 3.28. The summed E-state index contributed by atoms with van der Waals surface area (Å²) in [5.74, 6) is -0.0604. The fourth-order valence-electron chi connectivity index (χ4n) is 2.14. The average Bonchev–Trinajstić information content (AvgIpc) is 2.61. The minimum absolute atomic E-state index is 0.0562. The van der Waals surface area contributed by atoms with Crippen molar-refractivity contribution < 1.29 is 31.5 Å². The standard InChI is InChI=1S/C17H18F3N3O4S3/c1-30(26,27)23-14-10-12(4-7-15(14)24)22-16(25)21-11-2-5-13(6-3-11)28-8-9-29-17(18,19)20/h2-7,10,23-24H,8-9H2,1H3,(H2,21,22,25). The number of aromatic hydroxyl groups is 1. The van der Waals surface area contributed by atoms with E-state index in [2.05, 4.69) is 15.4 Å². The van der Waals surface area contributed by atoms with Gasteiger partial charge in [0.15, 0.2) is 0 Å². The van der Waals surface area contributed by atoms with Crippen LogP contribution in [0.4, 0.5) is 35.0 Å². The van der Waals surface area contributed by atoms with Gasteiger partial charge in [0.2, 0.25) is 10.0 Å². The topological polar surface area (TPSA) is 108 Å². The Morgan fingerprint density at radius 3 is 2.23 bits per heavy atom. The maximum absolute atomic E-state index is 12.1. The summed E-state index contributed by atoms with van der Waals surface area (Å²) in [7, 11) is -3.61. The molecule has 0 unspecified atom stereocenters. The van der Waals surface area contributed by atoms with Gasteiger partial charge < -0.3 is 15.7 Å². The molecule has 0 aliphatic carbocycles. The van der Waals surface area contributed by atoms with Crippen molar-refractivity contribution in [3.63, 3.8) is 0 Å². The molecule has 4 N–H and O–H groups in total. The molecule has 0 atom stereocenters. The van der Waals surface area contributed by atoms with Crippen LogP contribution in [0.15, 0.2) is 47.4 Å². The second-order valence-corrected chi connectivity index (χ2v) is 9.93. The van der Waals surface area contributed by atoms with Gasteiger partial charge in [0.25, 0.3) is 0 Å². The number of amides is 2. The molecule has 0 spiro atoms. The molecule has 0 saturated carbocycles. The van der Waals surface area contributed by atoms with Crippen molar-refractivity contribution in [1.29, 1.82) is 0 Å². The lowest BCUT2D eigenvalue weighted by Crippen LogP contribution is -2.19. The summed E-state index contributed by atoms with van der Waals surface area (Å²) in [5, 5.41) is 14.8. The first-order valence-electron chi connectivity index (χ1n) is 8.24. The van der Waals surface area contributed by atoms with Gasteiger partial charge in [-0.15, -0.1) is 11.8 Å². The Morgan fingerprint density at radius 1 is 1.03 bits per heavy atom. The van der Waals surface area contributed by atoms with Crippen molar-refractivity contribution in [2.24, 2.45) is 0 Å².